The number of primary amides is 1. The summed E-state index contributed by atoms with van der Waals surface area (Å²) in [4.78, 5) is 178. The number of amides is 12. The molecule has 10 atom stereocenters. The van der Waals surface area contributed by atoms with Gasteiger partial charge < -0.3 is 107 Å². The number of rotatable bonds is 42. The number of carbonyl (C=O) groups is 14. The number of carboxylic acid groups (broad SMARTS) is 2. The van der Waals surface area contributed by atoms with Gasteiger partial charge in [0.2, 0.25) is 70.9 Å². The van der Waals surface area contributed by atoms with Gasteiger partial charge in [0.05, 0.1) is 45.4 Å². The average Bonchev–Trinajstić information content (AvgIpc) is 3.40. The summed E-state index contributed by atoms with van der Waals surface area (Å²) in [5, 5.41) is 71.9. The summed E-state index contributed by atoms with van der Waals surface area (Å²) in [6.45, 7) is -1.92. The lowest BCUT2D eigenvalue weighted by molar-refractivity contribution is -0.143. The Hall–Kier alpha value is -7.31. The second-order valence-electron chi connectivity index (χ2n) is 17.9. The second-order valence-corrected chi connectivity index (χ2v) is 18.9. The Morgan fingerprint density at radius 3 is 1.34 bits per heavy atom. The van der Waals surface area contributed by atoms with E-state index in [4.69, 9.17) is 28.0 Å². The quantitative estimate of drug-likeness (QED) is 0.0252. The zero-order chi connectivity index (χ0) is 61.1. The predicted molar refractivity (Wildman–Crippen MR) is 281 cm³/mol. The summed E-state index contributed by atoms with van der Waals surface area (Å²) >= 11 is 1.35. The maximum absolute atomic E-state index is 13.3. The summed E-state index contributed by atoms with van der Waals surface area (Å²) in [5.41, 5.74) is 22.2. The van der Waals surface area contributed by atoms with Crippen molar-refractivity contribution in [3.8, 4) is 0 Å². The Balaban J connectivity index is 5.68. The van der Waals surface area contributed by atoms with Crippen molar-refractivity contribution in [2.24, 2.45) is 22.9 Å². The molecule has 0 unspecified atom stereocenters. The van der Waals surface area contributed by atoms with Gasteiger partial charge in [0.1, 0.15) is 54.4 Å². The minimum absolute atomic E-state index is 0.0789. The van der Waals surface area contributed by atoms with Crippen LogP contribution in [0, 0.1) is 0 Å². The molecule has 0 spiro atoms. The van der Waals surface area contributed by atoms with Crippen LogP contribution in [-0.2, 0) is 67.1 Å². The van der Waals surface area contributed by atoms with E-state index in [1.165, 1.54) is 18.7 Å². The first-order chi connectivity index (χ1) is 37.7. The van der Waals surface area contributed by atoms with Crippen molar-refractivity contribution in [2.45, 2.75) is 138 Å². The predicted octanol–water partition coefficient (Wildman–Crippen LogP) is -10.2. The standard InChI is InChI=1S/C45H79N15O19S/c1-22(52-33(65)17-51-40(73)28(16-35(67)68)57-42(75)27(12-15-80-3)55-38(71)24(48)8-4-6-13-46)36(69)53-23(2)37(70)58-29(19-61)43(76)56-26(10-11-32(49)64)39(72)50-18-34(66)54-25(9-5-7-14-47)41(74)59-30(20-62)44(77)60-31(21-63)45(78)79/h22-31,61-63H,4-21,46-48H2,1-3H3,(H2,49,64)(H,50,72)(H,51,73)(H,52,65)(H,53,69)(H,54,66)(H,55,71)(H,56,76)(H,57,75)(H,58,70)(H,59,74)(H,60,77)(H,67,68)(H,78,79)/t22-,23-,24-,25-,26-,27-,28-,29-,30-,31-/m0/s1. The second kappa shape index (κ2) is 40.0. The van der Waals surface area contributed by atoms with E-state index < -0.39 is 195 Å². The van der Waals surface area contributed by atoms with E-state index in [2.05, 4.69) is 53.2 Å². The molecule has 0 aromatic rings. The van der Waals surface area contributed by atoms with Gasteiger partial charge in [-0.2, -0.15) is 11.8 Å². The molecule has 0 heterocycles. The zero-order valence-corrected chi connectivity index (χ0v) is 45.5. The lowest BCUT2D eigenvalue weighted by atomic mass is 10.1. The number of aliphatic carboxylic acids is 2. The van der Waals surface area contributed by atoms with Crippen LogP contribution in [0.1, 0.15) is 78.1 Å². The maximum Gasteiger partial charge on any atom is 0.328 e. The van der Waals surface area contributed by atoms with Gasteiger partial charge in [-0.3, -0.25) is 62.3 Å². The number of hydrogen-bond donors (Lipinski definition) is 20. The van der Waals surface area contributed by atoms with E-state index in [0.29, 0.717) is 31.6 Å². The fourth-order valence-corrected chi connectivity index (χ4v) is 7.14. The molecule has 24 N–H and O–H groups in total. The maximum atomic E-state index is 13.3. The average molecular weight is 1170 g/mol. The molecule has 0 radical (unpaired) electrons. The lowest BCUT2D eigenvalue weighted by Gasteiger charge is -2.24. The van der Waals surface area contributed by atoms with Crippen LogP contribution in [0.2, 0.25) is 0 Å². The highest BCUT2D eigenvalue weighted by Crippen LogP contribution is 2.07. The van der Waals surface area contributed by atoms with Gasteiger partial charge in [0, 0.05) is 6.42 Å². The van der Waals surface area contributed by atoms with Gasteiger partial charge in [0.15, 0.2) is 0 Å². The van der Waals surface area contributed by atoms with Crippen LogP contribution in [0.4, 0.5) is 0 Å². The molecule has 12 amide bonds. The van der Waals surface area contributed by atoms with E-state index in [0.717, 1.165) is 6.92 Å². The van der Waals surface area contributed by atoms with Crippen LogP contribution in [-0.4, -0.2) is 227 Å². The number of carboxylic acids is 2. The van der Waals surface area contributed by atoms with Gasteiger partial charge in [-0.1, -0.05) is 6.42 Å². The molecule has 0 saturated heterocycles. The number of thioether (sulfide) groups is 1. The van der Waals surface area contributed by atoms with Gasteiger partial charge in [0.25, 0.3) is 0 Å². The molecule has 0 aromatic heterocycles. The minimum atomic E-state index is -1.81. The number of nitrogens with two attached hydrogens (primary N) is 4. The number of aliphatic hydroxyl groups excluding tert-OH is 3. The Labute approximate surface area is 464 Å². The molecular formula is C45H79N15O19S. The van der Waals surface area contributed by atoms with Crippen LogP contribution in [0.3, 0.4) is 0 Å². The minimum Gasteiger partial charge on any atom is -0.481 e. The van der Waals surface area contributed by atoms with Gasteiger partial charge in [-0.25, -0.2) is 4.79 Å². The number of aliphatic hydroxyl groups is 3. The highest BCUT2D eigenvalue weighted by Gasteiger charge is 2.33. The van der Waals surface area contributed by atoms with Crippen LogP contribution in [0.25, 0.3) is 0 Å². The van der Waals surface area contributed by atoms with E-state index in [-0.39, 0.29) is 32.2 Å². The summed E-state index contributed by atoms with van der Waals surface area (Å²) in [6.07, 6.45) is 1.92. The van der Waals surface area contributed by atoms with Crippen molar-refractivity contribution in [1.29, 1.82) is 0 Å². The molecule has 0 fully saturated rings. The first kappa shape index (κ1) is 72.7. The molecule has 80 heavy (non-hydrogen) atoms. The molecule has 0 aliphatic carbocycles. The molecule has 34 nitrogen and oxygen atoms in total. The number of unbranched alkanes of at least 4 members (excludes halogenated alkanes) is 2. The Morgan fingerprint density at radius 1 is 0.450 bits per heavy atom. The molecule has 0 saturated carbocycles. The molecular weight excluding hydrogens is 1090 g/mol. The molecule has 0 rings (SSSR count). The molecule has 0 bridgehead atoms. The molecule has 0 aliphatic heterocycles. The fourth-order valence-electron chi connectivity index (χ4n) is 6.67. The van der Waals surface area contributed by atoms with Crippen molar-refractivity contribution in [1.82, 2.24) is 58.5 Å². The number of carbonyl (C=O) groups excluding carboxylic acids is 12. The Kier molecular flexibility index (Phi) is 36.3. The first-order valence-electron chi connectivity index (χ1n) is 25.2. The van der Waals surface area contributed by atoms with Crippen LogP contribution < -0.4 is 81.4 Å². The van der Waals surface area contributed by atoms with E-state index in [1.54, 1.807) is 6.26 Å². The normalized spacial score (nSPS) is 14.6. The fraction of sp³-hybridized carbons (Fsp3) is 0.689. The molecule has 0 aromatic carbocycles. The van der Waals surface area contributed by atoms with Crippen molar-refractivity contribution in [2.75, 3.05) is 58.0 Å². The SMILES string of the molecule is CSCC[C@H](NC(=O)[C@@H](N)CCCCN)C(=O)N[C@@H](CC(=O)O)C(=O)NCC(=O)N[C@@H](C)C(=O)N[C@@H](C)C(=O)N[C@@H](CO)C(=O)N[C@@H](CCC(N)=O)C(=O)NCC(=O)N[C@@H](CCCCN)C(=O)N[C@@H](CO)C(=O)N[C@@H](CO)C(=O)O. The third-order valence-electron chi connectivity index (χ3n) is 11.3. The highest BCUT2D eigenvalue weighted by atomic mass is 32.2. The van der Waals surface area contributed by atoms with Crippen LogP contribution in [0.15, 0.2) is 0 Å². The number of nitrogens with one attached hydrogen (secondary N) is 11. The van der Waals surface area contributed by atoms with Crippen LogP contribution >= 0.6 is 11.8 Å². The summed E-state index contributed by atoms with van der Waals surface area (Å²) in [5.74, 6) is -14.9. The Morgan fingerprint density at radius 2 is 0.850 bits per heavy atom. The van der Waals surface area contributed by atoms with Gasteiger partial charge in [-0.05, 0) is 83.9 Å². The zero-order valence-electron chi connectivity index (χ0n) is 44.7. The number of hydrogen-bond acceptors (Lipinski definition) is 21. The third-order valence-corrected chi connectivity index (χ3v) is 11.9. The Bertz CT molecular complexity index is 2130. The van der Waals surface area contributed by atoms with E-state index in [1.807, 2.05) is 5.32 Å². The first-order valence-corrected chi connectivity index (χ1v) is 26.6. The van der Waals surface area contributed by atoms with Crippen molar-refractivity contribution < 1.29 is 92.7 Å². The highest BCUT2D eigenvalue weighted by molar-refractivity contribution is 7.98. The van der Waals surface area contributed by atoms with E-state index >= 15 is 0 Å². The molecule has 454 valence electrons. The van der Waals surface area contributed by atoms with Crippen molar-refractivity contribution >= 4 is 94.6 Å². The molecule has 0 aliphatic rings. The van der Waals surface area contributed by atoms with Gasteiger partial charge >= 0.3 is 11.9 Å². The third kappa shape index (κ3) is 29.6. The molecule has 35 heteroatoms. The monoisotopic (exact) mass is 1170 g/mol. The summed E-state index contributed by atoms with van der Waals surface area (Å²) in [7, 11) is 0. The summed E-state index contributed by atoms with van der Waals surface area (Å²) in [6, 6.07) is -15.1. The lowest BCUT2D eigenvalue weighted by Crippen LogP contribution is -2.59. The van der Waals surface area contributed by atoms with Crippen molar-refractivity contribution in [3.63, 3.8) is 0 Å². The largest absolute Gasteiger partial charge is 0.481 e. The smallest absolute Gasteiger partial charge is 0.328 e. The summed E-state index contributed by atoms with van der Waals surface area (Å²) < 4.78 is 0. The van der Waals surface area contributed by atoms with Crippen molar-refractivity contribution in [3.05, 3.63) is 0 Å². The topological polar surface area (TPSA) is 577 Å². The van der Waals surface area contributed by atoms with Crippen LogP contribution in [0.5, 0.6) is 0 Å². The van der Waals surface area contributed by atoms with E-state index in [9.17, 15) is 87.5 Å². The van der Waals surface area contributed by atoms with Gasteiger partial charge in [-0.15, -0.1) is 0 Å².